The second-order valence-corrected chi connectivity index (χ2v) is 5.73. The Kier molecular flexibility index (Phi) is 1.95. The lowest BCUT2D eigenvalue weighted by Crippen LogP contribution is -2.44. The summed E-state index contributed by atoms with van der Waals surface area (Å²) in [6.45, 7) is 2.54. The third-order valence-corrected chi connectivity index (χ3v) is 4.34. The average Bonchev–Trinajstić information content (AvgIpc) is 1.79. The van der Waals surface area contributed by atoms with Crippen molar-refractivity contribution in [2.24, 2.45) is 23.2 Å². The summed E-state index contributed by atoms with van der Waals surface area (Å²) in [6.07, 6.45) is 9.48. The van der Waals surface area contributed by atoms with E-state index in [2.05, 4.69) is 6.92 Å². The van der Waals surface area contributed by atoms with Crippen LogP contribution in [0.25, 0.3) is 0 Å². The maximum Gasteiger partial charge on any atom is -0.0318 e. The van der Waals surface area contributed by atoms with Crippen LogP contribution in [-0.4, -0.2) is 0 Å². The van der Waals surface area contributed by atoms with Crippen LogP contribution in [0.2, 0.25) is 0 Å². The first-order chi connectivity index (χ1) is 5.23. The molecule has 0 heterocycles. The second-order valence-electron chi connectivity index (χ2n) is 5.73. The van der Waals surface area contributed by atoms with Gasteiger partial charge in [-0.25, -0.2) is 0 Å². The Balaban J connectivity index is 0.000000563. The molecule has 1 heteroatoms. The van der Waals surface area contributed by atoms with Crippen LogP contribution < -0.4 is 0 Å². The smallest absolute Gasteiger partial charge is 0.0318 e. The molecular weight excluding hydrogens is 168 g/mol. The molecule has 4 saturated carbocycles. The van der Waals surface area contributed by atoms with Crippen LogP contribution in [0.3, 0.4) is 0 Å². The molecular formula is C11H19Cl. The summed E-state index contributed by atoms with van der Waals surface area (Å²) in [5, 5.41) is 0. The van der Waals surface area contributed by atoms with Crippen molar-refractivity contribution >= 4 is 12.4 Å². The molecule has 4 aliphatic carbocycles. The summed E-state index contributed by atoms with van der Waals surface area (Å²) in [5.41, 5.74) is 0.800. The van der Waals surface area contributed by atoms with E-state index in [0.717, 1.165) is 23.2 Å². The van der Waals surface area contributed by atoms with Gasteiger partial charge in [-0.15, -0.1) is 12.4 Å². The first kappa shape index (κ1) is 8.87. The van der Waals surface area contributed by atoms with Gasteiger partial charge in [0.2, 0.25) is 0 Å². The van der Waals surface area contributed by atoms with Crippen molar-refractivity contribution in [3.8, 4) is 0 Å². The zero-order valence-corrected chi connectivity index (χ0v) is 8.70. The van der Waals surface area contributed by atoms with E-state index in [0.29, 0.717) is 0 Å². The topological polar surface area (TPSA) is 0 Å². The molecule has 12 heavy (non-hydrogen) atoms. The molecule has 0 saturated heterocycles. The third kappa shape index (κ3) is 1.19. The average molecular weight is 187 g/mol. The summed E-state index contributed by atoms with van der Waals surface area (Å²) < 4.78 is 0. The fourth-order valence-corrected chi connectivity index (χ4v) is 4.54. The van der Waals surface area contributed by atoms with Gasteiger partial charge in [-0.2, -0.15) is 0 Å². The Bertz CT molecular complexity index is 150. The molecule has 0 aromatic rings. The molecule has 0 nitrogen and oxygen atoms in total. The molecule has 0 amide bonds. The van der Waals surface area contributed by atoms with E-state index in [1.807, 2.05) is 0 Å². The van der Waals surface area contributed by atoms with Gasteiger partial charge in [0.25, 0.3) is 0 Å². The van der Waals surface area contributed by atoms with Gasteiger partial charge in [0.1, 0.15) is 0 Å². The molecule has 0 aliphatic heterocycles. The number of rotatable bonds is 0. The van der Waals surface area contributed by atoms with E-state index in [4.69, 9.17) is 0 Å². The molecule has 0 unspecified atom stereocenters. The Hall–Kier alpha value is 0.290. The lowest BCUT2D eigenvalue weighted by atomic mass is 9.50. The van der Waals surface area contributed by atoms with Crippen molar-refractivity contribution in [1.29, 1.82) is 0 Å². The molecule has 4 rings (SSSR count). The van der Waals surface area contributed by atoms with Crippen LogP contribution in [0.1, 0.15) is 45.4 Å². The van der Waals surface area contributed by atoms with E-state index in [9.17, 15) is 0 Å². The standard InChI is InChI=1S/C11H18.ClH/c1-11-5-8-2-9(6-11)4-10(3-8)7-11;/h8-10H,2-7H2,1H3;1H. The van der Waals surface area contributed by atoms with Gasteiger partial charge < -0.3 is 0 Å². The van der Waals surface area contributed by atoms with Crippen LogP contribution in [-0.2, 0) is 0 Å². The van der Waals surface area contributed by atoms with Crippen molar-refractivity contribution in [3.63, 3.8) is 0 Å². The monoisotopic (exact) mass is 186 g/mol. The lowest BCUT2D eigenvalue weighted by molar-refractivity contribution is -0.0411. The zero-order valence-electron chi connectivity index (χ0n) is 7.88. The minimum absolute atomic E-state index is 0. The van der Waals surface area contributed by atoms with Gasteiger partial charge in [-0.05, 0) is 61.7 Å². The highest BCUT2D eigenvalue weighted by atomic mass is 35.5. The molecule has 0 spiro atoms. The van der Waals surface area contributed by atoms with Gasteiger partial charge in [-0.3, -0.25) is 0 Å². The van der Waals surface area contributed by atoms with Crippen LogP contribution in [0, 0.1) is 23.2 Å². The zero-order chi connectivity index (χ0) is 7.47. The van der Waals surface area contributed by atoms with E-state index in [1.165, 1.54) is 0 Å². The van der Waals surface area contributed by atoms with Crippen molar-refractivity contribution in [3.05, 3.63) is 0 Å². The SMILES string of the molecule is CC12CC3CC(CC(C3)C1)C2.Cl. The molecule has 0 radical (unpaired) electrons. The minimum Gasteiger partial charge on any atom is -0.147 e. The summed E-state index contributed by atoms with van der Waals surface area (Å²) in [6, 6.07) is 0. The first-order valence-electron chi connectivity index (χ1n) is 5.23. The normalized spacial score (nSPS) is 55.2. The summed E-state index contributed by atoms with van der Waals surface area (Å²) in [4.78, 5) is 0. The Morgan fingerprint density at radius 2 is 1.17 bits per heavy atom. The predicted molar refractivity (Wildman–Crippen MR) is 53.5 cm³/mol. The number of hydrogen-bond acceptors (Lipinski definition) is 0. The molecule has 0 N–H and O–H groups in total. The van der Waals surface area contributed by atoms with Crippen molar-refractivity contribution in [2.45, 2.75) is 45.4 Å². The van der Waals surface area contributed by atoms with E-state index >= 15 is 0 Å². The lowest BCUT2D eigenvalue weighted by Gasteiger charge is -2.55. The first-order valence-corrected chi connectivity index (χ1v) is 5.23. The molecule has 4 bridgehead atoms. The van der Waals surface area contributed by atoms with Crippen LogP contribution in [0.5, 0.6) is 0 Å². The number of hydrogen-bond donors (Lipinski definition) is 0. The minimum atomic E-state index is 0. The summed E-state index contributed by atoms with van der Waals surface area (Å²) in [5.74, 6) is 3.43. The van der Waals surface area contributed by atoms with E-state index < -0.39 is 0 Å². The van der Waals surface area contributed by atoms with Crippen LogP contribution in [0.15, 0.2) is 0 Å². The van der Waals surface area contributed by atoms with Gasteiger partial charge in [0, 0.05) is 0 Å². The highest BCUT2D eigenvalue weighted by molar-refractivity contribution is 5.85. The van der Waals surface area contributed by atoms with Crippen molar-refractivity contribution < 1.29 is 0 Å². The Labute approximate surface area is 81.5 Å². The maximum absolute atomic E-state index is 2.54. The quantitative estimate of drug-likeness (QED) is 0.542. The van der Waals surface area contributed by atoms with Gasteiger partial charge in [0.15, 0.2) is 0 Å². The summed E-state index contributed by atoms with van der Waals surface area (Å²) >= 11 is 0. The number of halogens is 1. The van der Waals surface area contributed by atoms with Gasteiger partial charge >= 0.3 is 0 Å². The van der Waals surface area contributed by atoms with E-state index in [-0.39, 0.29) is 12.4 Å². The highest BCUT2D eigenvalue weighted by Gasteiger charge is 2.48. The fraction of sp³-hybridized carbons (Fsp3) is 1.00. The predicted octanol–water partition coefficient (Wildman–Crippen LogP) is 3.64. The molecule has 0 atom stereocenters. The van der Waals surface area contributed by atoms with Crippen LogP contribution in [0.4, 0.5) is 0 Å². The van der Waals surface area contributed by atoms with Crippen molar-refractivity contribution in [1.82, 2.24) is 0 Å². The van der Waals surface area contributed by atoms with Gasteiger partial charge in [-0.1, -0.05) is 6.92 Å². The van der Waals surface area contributed by atoms with Gasteiger partial charge in [0.05, 0.1) is 0 Å². The molecule has 4 aliphatic rings. The molecule has 0 aromatic carbocycles. The molecule has 4 fully saturated rings. The second kappa shape index (κ2) is 2.64. The Morgan fingerprint density at radius 3 is 1.42 bits per heavy atom. The molecule has 0 aromatic heterocycles. The largest absolute Gasteiger partial charge is 0.147 e. The molecule has 70 valence electrons. The summed E-state index contributed by atoms with van der Waals surface area (Å²) in [7, 11) is 0. The van der Waals surface area contributed by atoms with Crippen molar-refractivity contribution in [2.75, 3.05) is 0 Å². The Morgan fingerprint density at radius 1 is 0.833 bits per heavy atom. The highest BCUT2D eigenvalue weighted by Crippen LogP contribution is 2.59. The third-order valence-electron chi connectivity index (χ3n) is 4.34. The van der Waals surface area contributed by atoms with E-state index in [1.54, 1.807) is 38.5 Å². The maximum atomic E-state index is 2.54. The van der Waals surface area contributed by atoms with Crippen LogP contribution >= 0.6 is 12.4 Å². The fourth-order valence-electron chi connectivity index (χ4n) is 4.54.